The first-order chi connectivity index (χ1) is 10.2. The zero-order valence-electron chi connectivity index (χ0n) is 12.1. The van der Waals surface area contributed by atoms with Gasteiger partial charge in [0.05, 0.1) is 6.61 Å². The van der Waals surface area contributed by atoms with E-state index in [9.17, 15) is 4.79 Å². The Kier molecular flexibility index (Phi) is 4.76. The standard InChI is InChI=1S/C14H18N4O3/c1-3-18-12(16-9-17-18)8-21-14(19)13-10(15)6-5-7-11(13)20-4-2/h5-7,9H,3-4,8,15H2,1-2H3. The van der Waals surface area contributed by atoms with Gasteiger partial charge in [0, 0.05) is 12.2 Å². The molecule has 0 aliphatic rings. The predicted molar refractivity (Wildman–Crippen MR) is 76.8 cm³/mol. The van der Waals surface area contributed by atoms with Gasteiger partial charge in [-0.05, 0) is 26.0 Å². The Morgan fingerprint density at radius 3 is 2.90 bits per heavy atom. The van der Waals surface area contributed by atoms with Crippen LogP contribution in [0.15, 0.2) is 24.5 Å². The molecule has 0 spiro atoms. The zero-order chi connectivity index (χ0) is 15.2. The van der Waals surface area contributed by atoms with Crippen molar-refractivity contribution in [3.63, 3.8) is 0 Å². The Hall–Kier alpha value is -2.57. The molecule has 1 heterocycles. The molecule has 1 aromatic carbocycles. The van der Waals surface area contributed by atoms with Crippen LogP contribution in [-0.2, 0) is 17.9 Å². The summed E-state index contributed by atoms with van der Waals surface area (Å²) in [6, 6.07) is 5.05. The van der Waals surface area contributed by atoms with E-state index < -0.39 is 5.97 Å². The van der Waals surface area contributed by atoms with E-state index in [-0.39, 0.29) is 12.2 Å². The molecule has 0 fully saturated rings. The molecule has 0 atom stereocenters. The normalized spacial score (nSPS) is 10.4. The minimum atomic E-state index is -0.540. The summed E-state index contributed by atoms with van der Waals surface area (Å²) in [5.41, 5.74) is 6.40. The average Bonchev–Trinajstić information content (AvgIpc) is 2.93. The lowest BCUT2D eigenvalue weighted by Gasteiger charge is -2.12. The zero-order valence-corrected chi connectivity index (χ0v) is 12.1. The van der Waals surface area contributed by atoms with Gasteiger partial charge < -0.3 is 15.2 Å². The second-order valence-electron chi connectivity index (χ2n) is 4.22. The van der Waals surface area contributed by atoms with Crippen molar-refractivity contribution < 1.29 is 14.3 Å². The van der Waals surface area contributed by atoms with Crippen LogP contribution in [0.3, 0.4) is 0 Å². The van der Waals surface area contributed by atoms with Crippen LogP contribution in [0.4, 0.5) is 5.69 Å². The van der Waals surface area contributed by atoms with Crippen molar-refractivity contribution in [3.8, 4) is 5.75 Å². The third kappa shape index (κ3) is 3.31. The van der Waals surface area contributed by atoms with Gasteiger partial charge in [0.15, 0.2) is 12.4 Å². The Bertz CT molecular complexity index is 624. The SMILES string of the molecule is CCOc1cccc(N)c1C(=O)OCc1ncnn1CC. The van der Waals surface area contributed by atoms with Gasteiger partial charge >= 0.3 is 5.97 Å². The summed E-state index contributed by atoms with van der Waals surface area (Å²) in [4.78, 5) is 16.3. The van der Waals surface area contributed by atoms with E-state index >= 15 is 0 Å². The van der Waals surface area contributed by atoms with Gasteiger partial charge in [-0.1, -0.05) is 6.07 Å². The number of esters is 1. The van der Waals surface area contributed by atoms with Crippen LogP contribution >= 0.6 is 0 Å². The lowest BCUT2D eigenvalue weighted by Crippen LogP contribution is -2.13. The highest BCUT2D eigenvalue weighted by Crippen LogP contribution is 2.25. The van der Waals surface area contributed by atoms with Gasteiger partial charge in [-0.15, -0.1) is 0 Å². The first kappa shape index (κ1) is 14.8. The number of aromatic nitrogens is 3. The highest BCUT2D eigenvalue weighted by Gasteiger charge is 2.18. The van der Waals surface area contributed by atoms with E-state index in [1.54, 1.807) is 22.9 Å². The number of rotatable bonds is 6. The molecule has 21 heavy (non-hydrogen) atoms. The van der Waals surface area contributed by atoms with Crippen LogP contribution in [-0.4, -0.2) is 27.3 Å². The summed E-state index contributed by atoms with van der Waals surface area (Å²) >= 11 is 0. The van der Waals surface area contributed by atoms with E-state index in [2.05, 4.69) is 10.1 Å². The van der Waals surface area contributed by atoms with Gasteiger partial charge in [0.25, 0.3) is 0 Å². The second kappa shape index (κ2) is 6.74. The molecule has 2 rings (SSSR count). The minimum Gasteiger partial charge on any atom is -0.493 e. The molecule has 1 aromatic heterocycles. The van der Waals surface area contributed by atoms with E-state index in [0.29, 0.717) is 30.4 Å². The Morgan fingerprint density at radius 1 is 1.38 bits per heavy atom. The largest absolute Gasteiger partial charge is 0.493 e. The van der Waals surface area contributed by atoms with Crippen LogP contribution in [0.2, 0.25) is 0 Å². The molecule has 0 saturated carbocycles. The molecule has 2 aromatic rings. The quantitative estimate of drug-likeness (QED) is 0.642. The van der Waals surface area contributed by atoms with Gasteiger partial charge in [-0.25, -0.2) is 14.5 Å². The Morgan fingerprint density at radius 2 is 2.19 bits per heavy atom. The highest BCUT2D eigenvalue weighted by atomic mass is 16.5. The van der Waals surface area contributed by atoms with Crippen LogP contribution in [0.5, 0.6) is 5.75 Å². The van der Waals surface area contributed by atoms with E-state index in [0.717, 1.165) is 0 Å². The number of carbonyl (C=O) groups excluding carboxylic acids is 1. The fraction of sp³-hybridized carbons (Fsp3) is 0.357. The molecule has 7 heteroatoms. The van der Waals surface area contributed by atoms with Crippen molar-refractivity contribution in [1.29, 1.82) is 0 Å². The Balaban J connectivity index is 2.13. The van der Waals surface area contributed by atoms with Crippen LogP contribution in [0, 0.1) is 0 Å². The van der Waals surface area contributed by atoms with Gasteiger partial charge in [-0.2, -0.15) is 5.10 Å². The third-order valence-corrected chi connectivity index (χ3v) is 2.89. The van der Waals surface area contributed by atoms with Crippen molar-refractivity contribution in [2.45, 2.75) is 27.0 Å². The maximum Gasteiger partial charge on any atom is 0.344 e. The summed E-state index contributed by atoms with van der Waals surface area (Å²) in [6.07, 6.45) is 1.43. The molecule has 0 aliphatic carbocycles. The van der Waals surface area contributed by atoms with Gasteiger partial charge in [0.2, 0.25) is 0 Å². The lowest BCUT2D eigenvalue weighted by molar-refractivity contribution is 0.0454. The summed E-state index contributed by atoms with van der Waals surface area (Å²) in [7, 11) is 0. The number of nitrogen functional groups attached to an aromatic ring is 1. The summed E-state index contributed by atoms with van der Waals surface area (Å²) in [5, 5.41) is 4.01. The van der Waals surface area contributed by atoms with Gasteiger partial charge in [-0.3, -0.25) is 0 Å². The lowest BCUT2D eigenvalue weighted by atomic mass is 10.1. The third-order valence-electron chi connectivity index (χ3n) is 2.89. The predicted octanol–water partition coefficient (Wildman–Crippen LogP) is 1.64. The van der Waals surface area contributed by atoms with E-state index in [1.807, 2.05) is 13.8 Å². The number of anilines is 1. The molecule has 0 radical (unpaired) electrons. The molecule has 0 amide bonds. The fourth-order valence-corrected chi connectivity index (χ4v) is 1.91. The summed E-state index contributed by atoms with van der Waals surface area (Å²) in [6.45, 7) is 4.90. The minimum absolute atomic E-state index is 0.0343. The van der Waals surface area contributed by atoms with Crippen molar-refractivity contribution in [2.24, 2.45) is 0 Å². The second-order valence-corrected chi connectivity index (χ2v) is 4.22. The van der Waals surface area contributed by atoms with Crippen molar-refractivity contribution in [1.82, 2.24) is 14.8 Å². The highest BCUT2D eigenvalue weighted by molar-refractivity contribution is 5.98. The molecular formula is C14H18N4O3. The van der Waals surface area contributed by atoms with Crippen LogP contribution < -0.4 is 10.5 Å². The number of nitrogens with zero attached hydrogens (tertiary/aromatic N) is 3. The fourth-order valence-electron chi connectivity index (χ4n) is 1.91. The monoisotopic (exact) mass is 290 g/mol. The van der Waals surface area contributed by atoms with E-state index in [1.165, 1.54) is 6.33 Å². The summed E-state index contributed by atoms with van der Waals surface area (Å²) < 4.78 is 12.3. The number of benzene rings is 1. The smallest absolute Gasteiger partial charge is 0.344 e. The van der Waals surface area contributed by atoms with E-state index in [4.69, 9.17) is 15.2 Å². The number of nitrogens with two attached hydrogens (primary N) is 1. The maximum absolute atomic E-state index is 12.2. The van der Waals surface area contributed by atoms with Crippen LogP contribution in [0.1, 0.15) is 30.0 Å². The van der Waals surface area contributed by atoms with Crippen molar-refractivity contribution in [2.75, 3.05) is 12.3 Å². The first-order valence-corrected chi connectivity index (χ1v) is 6.72. The Labute approximate surface area is 122 Å². The number of hydrogen-bond donors (Lipinski definition) is 1. The number of hydrogen-bond acceptors (Lipinski definition) is 6. The number of carbonyl (C=O) groups is 1. The molecular weight excluding hydrogens is 272 g/mol. The van der Waals surface area contributed by atoms with Crippen LogP contribution in [0.25, 0.3) is 0 Å². The molecule has 0 bridgehead atoms. The molecule has 7 nitrogen and oxygen atoms in total. The van der Waals surface area contributed by atoms with Crippen molar-refractivity contribution in [3.05, 3.63) is 35.9 Å². The maximum atomic E-state index is 12.2. The van der Waals surface area contributed by atoms with Crippen molar-refractivity contribution >= 4 is 11.7 Å². The molecule has 0 saturated heterocycles. The van der Waals surface area contributed by atoms with Gasteiger partial charge in [0.1, 0.15) is 17.6 Å². The number of ether oxygens (including phenoxy) is 2. The summed E-state index contributed by atoms with van der Waals surface area (Å²) in [5.74, 6) is 0.458. The first-order valence-electron chi connectivity index (χ1n) is 6.72. The topological polar surface area (TPSA) is 92.3 Å². The number of aryl methyl sites for hydroxylation is 1. The average molecular weight is 290 g/mol. The molecule has 0 aliphatic heterocycles. The molecule has 0 unspecified atom stereocenters. The molecule has 2 N–H and O–H groups in total. The molecule has 112 valence electrons.